The molecule has 0 saturated heterocycles. The van der Waals surface area contributed by atoms with Crippen molar-refractivity contribution in [2.75, 3.05) is 7.05 Å². The van der Waals surface area contributed by atoms with Crippen molar-refractivity contribution < 1.29 is 19.1 Å². The number of rotatable bonds is 4. The molecule has 1 aromatic carbocycles. The first-order chi connectivity index (χ1) is 11.4. The Balaban J connectivity index is 2.03. The van der Waals surface area contributed by atoms with Gasteiger partial charge >= 0.3 is 5.97 Å². The van der Waals surface area contributed by atoms with Gasteiger partial charge in [0.15, 0.2) is 5.69 Å². The number of carboxylic acid groups (broad SMARTS) is 1. The molecule has 0 saturated carbocycles. The van der Waals surface area contributed by atoms with Gasteiger partial charge in [-0.3, -0.25) is 4.79 Å². The minimum Gasteiger partial charge on any atom is -0.480 e. The summed E-state index contributed by atoms with van der Waals surface area (Å²) in [5, 5.41) is 13.5. The van der Waals surface area contributed by atoms with Crippen LogP contribution in [0.4, 0.5) is 4.39 Å². The molecular formula is C17H18FN3O3. The number of amides is 1. The highest BCUT2D eigenvalue weighted by atomic mass is 19.1. The van der Waals surface area contributed by atoms with E-state index in [1.165, 1.54) is 31.0 Å². The molecular weight excluding hydrogens is 313 g/mol. The van der Waals surface area contributed by atoms with E-state index in [1.807, 2.05) is 0 Å². The van der Waals surface area contributed by atoms with E-state index in [-0.39, 0.29) is 11.5 Å². The minimum atomic E-state index is -1.08. The van der Waals surface area contributed by atoms with E-state index in [0.29, 0.717) is 12.1 Å². The molecule has 1 unspecified atom stereocenters. The van der Waals surface area contributed by atoms with E-state index in [1.54, 1.807) is 16.8 Å². The number of likely N-dealkylation sites (N-methyl/N-ethyl adjacent to an activating group) is 1. The van der Waals surface area contributed by atoms with Gasteiger partial charge in [-0.25, -0.2) is 13.9 Å². The van der Waals surface area contributed by atoms with Gasteiger partial charge in [0, 0.05) is 18.3 Å². The van der Waals surface area contributed by atoms with Gasteiger partial charge in [-0.15, -0.1) is 0 Å². The van der Waals surface area contributed by atoms with Gasteiger partial charge in [-0.2, -0.15) is 5.10 Å². The Hall–Kier alpha value is -2.70. The quantitative estimate of drug-likeness (QED) is 0.930. The van der Waals surface area contributed by atoms with Crippen LogP contribution in [0.15, 0.2) is 24.3 Å². The smallest absolute Gasteiger partial charge is 0.326 e. The highest BCUT2D eigenvalue weighted by Gasteiger charge is 2.31. The zero-order valence-electron chi connectivity index (χ0n) is 13.5. The molecule has 1 aliphatic carbocycles. The fourth-order valence-electron chi connectivity index (χ4n) is 2.94. The first-order valence-electron chi connectivity index (χ1n) is 7.77. The van der Waals surface area contributed by atoms with Crippen molar-refractivity contribution in [2.24, 2.45) is 0 Å². The lowest BCUT2D eigenvalue weighted by Crippen LogP contribution is -2.40. The molecule has 3 rings (SSSR count). The number of fused-ring (bicyclic) bond motifs is 1. The van der Waals surface area contributed by atoms with E-state index in [2.05, 4.69) is 5.10 Å². The van der Waals surface area contributed by atoms with Crippen molar-refractivity contribution in [1.29, 1.82) is 0 Å². The van der Waals surface area contributed by atoms with Gasteiger partial charge in [0.05, 0.1) is 5.69 Å². The number of benzene rings is 1. The summed E-state index contributed by atoms with van der Waals surface area (Å²) in [6, 6.07) is 5.08. The van der Waals surface area contributed by atoms with Crippen LogP contribution >= 0.6 is 0 Å². The van der Waals surface area contributed by atoms with Crippen molar-refractivity contribution in [3.63, 3.8) is 0 Å². The fourth-order valence-corrected chi connectivity index (χ4v) is 2.94. The van der Waals surface area contributed by atoms with Crippen LogP contribution in [0.3, 0.4) is 0 Å². The van der Waals surface area contributed by atoms with Crippen molar-refractivity contribution in [2.45, 2.75) is 32.2 Å². The van der Waals surface area contributed by atoms with Crippen LogP contribution in [-0.4, -0.2) is 44.8 Å². The largest absolute Gasteiger partial charge is 0.480 e. The van der Waals surface area contributed by atoms with Crippen molar-refractivity contribution >= 4 is 11.9 Å². The minimum absolute atomic E-state index is 0.252. The highest BCUT2D eigenvalue weighted by molar-refractivity contribution is 5.96. The lowest BCUT2D eigenvalue weighted by molar-refractivity contribution is -0.141. The number of halogens is 1. The predicted octanol–water partition coefficient (Wildman–Crippen LogP) is 2.05. The molecule has 24 heavy (non-hydrogen) atoms. The van der Waals surface area contributed by atoms with Crippen LogP contribution in [0.1, 0.15) is 35.1 Å². The molecule has 0 bridgehead atoms. The molecule has 7 heteroatoms. The molecule has 0 spiro atoms. The van der Waals surface area contributed by atoms with Gasteiger partial charge in [0.2, 0.25) is 0 Å². The molecule has 6 nitrogen and oxygen atoms in total. The summed E-state index contributed by atoms with van der Waals surface area (Å²) in [5.41, 5.74) is 2.53. The highest BCUT2D eigenvalue weighted by Crippen LogP contribution is 2.28. The Morgan fingerprint density at radius 1 is 1.38 bits per heavy atom. The van der Waals surface area contributed by atoms with E-state index < -0.39 is 17.9 Å². The lowest BCUT2D eigenvalue weighted by Gasteiger charge is -2.20. The molecule has 0 fully saturated rings. The molecule has 1 aliphatic rings. The number of hydrogen-bond acceptors (Lipinski definition) is 3. The number of carboxylic acids is 1. The topological polar surface area (TPSA) is 75.4 Å². The van der Waals surface area contributed by atoms with Crippen molar-refractivity contribution in [3.8, 4) is 5.69 Å². The maximum atomic E-state index is 13.5. The summed E-state index contributed by atoms with van der Waals surface area (Å²) < 4.78 is 15.1. The number of aliphatic carboxylic acids is 1. The zero-order valence-corrected chi connectivity index (χ0v) is 13.5. The third-order valence-electron chi connectivity index (χ3n) is 4.44. The average Bonchev–Trinajstić information content (AvgIpc) is 3.14. The van der Waals surface area contributed by atoms with Gasteiger partial charge in [-0.05, 0) is 44.4 Å². The molecule has 1 amide bonds. The van der Waals surface area contributed by atoms with Crippen molar-refractivity contribution in [3.05, 3.63) is 47.0 Å². The van der Waals surface area contributed by atoms with Gasteiger partial charge < -0.3 is 10.0 Å². The average molecular weight is 331 g/mol. The Labute approximate surface area is 138 Å². The van der Waals surface area contributed by atoms with Crippen LogP contribution in [0.25, 0.3) is 5.69 Å². The molecule has 1 N–H and O–H groups in total. The van der Waals surface area contributed by atoms with Crippen LogP contribution in [0.2, 0.25) is 0 Å². The number of hydrogen-bond donors (Lipinski definition) is 1. The van der Waals surface area contributed by atoms with E-state index in [9.17, 15) is 14.0 Å². The van der Waals surface area contributed by atoms with Crippen LogP contribution in [0, 0.1) is 5.82 Å². The molecule has 1 heterocycles. The van der Waals surface area contributed by atoms with E-state index in [0.717, 1.165) is 24.1 Å². The maximum absolute atomic E-state index is 13.5. The number of nitrogens with zero attached hydrogens (tertiary/aromatic N) is 3. The molecule has 0 radical (unpaired) electrons. The van der Waals surface area contributed by atoms with Crippen molar-refractivity contribution in [1.82, 2.24) is 14.7 Å². The number of carbonyl (C=O) groups excluding carboxylic acids is 1. The predicted molar refractivity (Wildman–Crippen MR) is 84.7 cm³/mol. The van der Waals surface area contributed by atoms with E-state index >= 15 is 0 Å². The third-order valence-corrected chi connectivity index (χ3v) is 4.44. The number of carbonyl (C=O) groups is 2. The van der Waals surface area contributed by atoms with Gasteiger partial charge in [-0.1, -0.05) is 6.07 Å². The number of aromatic nitrogens is 2. The molecule has 1 aromatic heterocycles. The summed E-state index contributed by atoms with van der Waals surface area (Å²) in [4.78, 5) is 25.0. The summed E-state index contributed by atoms with van der Waals surface area (Å²) in [6.07, 6.45) is 2.35. The summed E-state index contributed by atoms with van der Waals surface area (Å²) >= 11 is 0. The van der Waals surface area contributed by atoms with E-state index in [4.69, 9.17) is 5.11 Å². The summed E-state index contributed by atoms with van der Waals surface area (Å²) in [7, 11) is 1.45. The second-order valence-electron chi connectivity index (χ2n) is 5.95. The molecule has 126 valence electrons. The van der Waals surface area contributed by atoms with Crippen LogP contribution in [-0.2, 0) is 17.6 Å². The molecule has 1 atom stereocenters. The Bertz CT molecular complexity index is 815. The SMILES string of the molecule is CC(C(=O)O)N(C)C(=O)c1nn(-c2cccc(F)c2)c2c1CCC2. The second-order valence-corrected chi connectivity index (χ2v) is 5.95. The normalized spacial score (nSPS) is 14.3. The Morgan fingerprint density at radius 3 is 2.79 bits per heavy atom. The van der Waals surface area contributed by atoms with Crippen LogP contribution < -0.4 is 0 Å². The zero-order chi connectivity index (χ0) is 17.4. The Kier molecular flexibility index (Phi) is 4.09. The first kappa shape index (κ1) is 16.2. The van der Waals surface area contributed by atoms with Crippen LogP contribution in [0.5, 0.6) is 0 Å². The maximum Gasteiger partial charge on any atom is 0.326 e. The first-order valence-corrected chi connectivity index (χ1v) is 7.77. The fraction of sp³-hybridized carbons (Fsp3) is 0.353. The third kappa shape index (κ3) is 2.66. The molecule has 0 aliphatic heterocycles. The lowest BCUT2D eigenvalue weighted by atomic mass is 10.1. The molecule has 2 aromatic rings. The monoisotopic (exact) mass is 331 g/mol. The standard InChI is InChI=1S/C17H18FN3O3/c1-10(17(23)24)20(2)16(22)15-13-7-4-8-14(13)21(19-15)12-6-3-5-11(18)9-12/h3,5-6,9-10H,4,7-8H2,1-2H3,(H,23,24). The Morgan fingerprint density at radius 2 is 2.12 bits per heavy atom. The van der Waals surface area contributed by atoms with Gasteiger partial charge in [0.1, 0.15) is 11.9 Å². The second kappa shape index (κ2) is 6.07. The summed E-state index contributed by atoms with van der Waals surface area (Å²) in [6.45, 7) is 1.45. The van der Waals surface area contributed by atoms with Gasteiger partial charge in [0.25, 0.3) is 5.91 Å². The summed E-state index contributed by atoms with van der Waals surface area (Å²) in [5.74, 6) is -1.88.